The number of rotatable bonds is 4. The van der Waals surface area contributed by atoms with Crippen LogP contribution in [-0.4, -0.2) is 60.8 Å². The summed E-state index contributed by atoms with van der Waals surface area (Å²) in [5, 5.41) is 3.08. The molecule has 2 atom stereocenters. The van der Waals surface area contributed by atoms with E-state index in [0.717, 1.165) is 57.9 Å². The smallest absolute Gasteiger partial charge is 0.317 e. The highest BCUT2D eigenvalue weighted by Crippen LogP contribution is 2.16. The highest BCUT2D eigenvalue weighted by molar-refractivity contribution is 5.74. The summed E-state index contributed by atoms with van der Waals surface area (Å²) < 4.78 is 11.0. The molecule has 1 aromatic heterocycles. The molecule has 0 unspecified atom stereocenters. The number of furan rings is 1. The molecule has 0 saturated carbocycles. The van der Waals surface area contributed by atoms with Crippen LogP contribution in [0.2, 0.25) is 0 Å². The molecule has 0 spiro atoms. The quantitative estimate of drug-likeness (QED) is 0.919. The second-order valence-corrected chi connectivity index (χ2v) is 6.13. The number of piperazine rings is 1. The third-order valence-corrected chi connectivity index (χ3v) is 4.49. The summed E-state index contributed by atoms with van der Waals surface area (Å²) >= 11 is 0. The van der Waals surface area contributed by atoms with Crippen LogP contribution in [0.15, 0.2) is 22.8 Å². The van der Waals surface area contributed by atoms with E-state index in [1.54, 1.807) is 6.26 Å². The zero-order valence-corrected chi connectivity index (χ0v) is 13.2. The van der Waals surface area contributed by atoms with Crippen LogP contribution < -0.4 is 5.32 Å². The Hall–Kier alpha value is -1.53. The lowest BCUT2D eigenvalue weighted by Crippen LogP contribution is -2.54. The number of hydrogen-bond acceptors (Lipinski definition) is 4. The first-order chi connectivity index (χ1) is 10.7. The van der Waals surface area contributed by atoms with E-state index in [4.69, 9.17) is 9.15 Å². The van der Waals surface area contributed by atoms with Gasteiger partial charge in [0.25, 0.3) is 0 Å². The number of amides is 2. The van der Waals surface area contributed by atoms with E-state index in [2.05, 4.69) is 10.2 Å². The summed E-state index contributed by atoms with van der Waals surface area (Å²) in [5.41, 5.74) is 0. The van der Waals surface area contributed by atoms with Crippen molar-refractivity contribution in [1.29, 1.82) is 0 Å². The second-order valence-electron chi connectivity index (χ2n) is 6.13. The number of hydrogen-bond donors (Lipinski definition) is 1. The Balaban J connectivity index is 1.41. The minimum absolute atomic E-state index is 0.0284. The fraction of sp³-hybridized carbons (Fsp3) is 0.688. The largest absolute Gasteiger partial charge is 0.468 e. The molecule has 22 heavy (non-hydrogen) atoms. The van der Waals surface area contributed by atoms with Gasteiger partial charge in [0.1, 0.15) is 5.76 Å². The van der Waals surface area contributed by atoms with Gasteiger partial charge in [-0.15, -0.1) is 0 Å². The first kappa shape index (κ1) is 15.4. The van der Waals surface area contributed by atoms with Crippen molar-refractivity contribution in [2.45, 2.75) is 38.5 Å². The van der Waals surface area contributed by atoms with Gasteiger partial charge in [0.15, 0.2) is 0 Å². The molecule has 3 rings (SSSR count). The Morgan fingerprint density at radius 2 is 2.23 bits per heavy atom. The first-order valence-electron chi connectivity index (χ1n) is 8.14. The SMILES string of the molecule is C[C@H](NC(=O)N1CCN(Cc2ccco2)CC1)[C@@H]1CCCO1. The molecule has 2 fully saturated rings. The van der Waals surface area contributed by atoms with Crippen molar-refractivity contribution in [3.8, 4) is 0 Å². The fourth-order valence-corrected chi connectivity index (χ4v) is 3.11. The molecule has 1 aromatic rings. The Morgan fingerprint density at radius 3 is 2.86 bits per heavy atom. The molecule has 2 aliphatic rings. The van der Waals surface area contributed by atoms with Crippen LogP contribution in [0.5, 0.6) is 0 Å². The molecule has 6 heteroatoms. The van der Waals surface area contributed by atoms with E-state index in [1.165, 1.54) is 0 Å². The standard InChI is InChI=1S/C16H25N3O3/c1-13(15-5-3-11-22-15)17-16(20)19-8-6-18(7-9-19)12-14-4-2-10-21-14/h2,4,10,13,15H,3,5-9,11-12H2,1H3,(H,17,20)/t13-,15-/m0/s1. The van der Waals surface area contributed by atoms with Gasteiger partial charge in [0.05, 0.1) is 25.0 Å². The van der Waals surface area contributed by atoms with Crippen LogP contribution >= 0.6 is 0 Å². The summed E-state index contributed by atoms with van der Waals surface area (Å²) in [6, 6.07) is 4.00. The molecule has 6 nitrogen and oxygen atoms in total. The van der Waals surface area contributed by atoms with Crippen LogP contribution in [0, 0.1) is 0 Å². The van der Waals surface area contributed by atoms with Crippen molar-refractivity contribution < 1.29 is 13.9 Å². The van der Waals surface area contributed by atoms with Crippen LogP contribution in [0.4, 0.5) is 4.79 Å². The Labute approximate surface area is 131 Å². The molecular weight excluding hydrogens is 282 g/mol. The molecule has 0 aliphatic carbocycles. The second kappa shape index (κ2) is 7.15. The van der Waals surface area contributed by atoms with E-state index in [0.29, 0.717) is 0 Å². The molecule has 0 radical (unpaired) electrons. The third kappa shape index (κ3) is 3.81. The van der Waals surface area contributed by atoms with Crippen molar-refractivity contribution in [1.82, 2.24) is 15.1 Å². The Bertz CT molecular complexity index is 463. The predicted molar refractivity (Wildman–Crippen MR) is 82.5 cm³/mol. The lowest BCUT2D eigenvalue weighted by atomic mass is 10.1. The van der Waals surface area contributed by atoms with Gasteiger partial charge in [-0.05, 0) is 31.9 Å². The summed E-state index contributed by atoms with van der Waals surface area (Å²) in [7, 11) is 0. The molecule has 1 N–H and O–H groups in total. The summed E-state index contributed by atoms with van der Waals surface area (Å²) in [6.07, 6.45) is 4.00. The van der Waals surface area contributed by atoms with Crippen LogP contribution in [0.25, 0.3) is 0 Å². The number of nitrogens with zero attached hydrogens (tertiary/aromatic N) is 2. The maximum atomic E-state index is 12.3. The van der Waals surface area contributed by atoms with E-state index < -0.39 is 0 Å². The highest BCUT2D eigenvalue weighted by atomic mass is 16.5. The number of carbonyl (C=O) groups is 1. The van der Waals surface area contributed by atoms with Crippen molar-refractivity contribution in [2.75, 3.05) is 32.8 Å². The van der Waals surface area contributed by atoms with Gasteiger partial charge < -0.3 is 19.4 Å². The highest BCUT2D eigenvalue weighted by Gasteiger charge is 2.27. The minimum atomic E-state index is 0.0284. The van der Waals surface area contributed by atoms with Gasteiger partial charge in [-0.3, -0.25) is 4.90 Å². The van der Waals surface area contributed by atoms with Gasteiger partial charge in [-0.1, -0.05) is 0 Å². The van der Waals surface area contributed by atoms with Crippen LogP contribution in [0.1, 0.15) is 25.5 Å². The summed E-state index contributed by atoms with van der Waals surface area (Å²) in [6.45, 7) is 6.92. The number of nitrogens with one attached hydrogen (secondary N) is 1. The van der Waals surface area contributed by atoms with Crippen molar-refractivity contribution in [3.05, 3.63) is 24.2 Å². The average Bonchev–Trinajstić information content (AvgIpc) is 3.21. The summed E-state index contributed by atoms with van der Waals surface area (Å²) in [4.78, 5) is 16.5. The molecule has 3 heterocycles. The maximum Gasteiger partial charge on any atom is 0.317 e. The number of urea groups is 1. The van der Waals surface area contributed by atoms with Gasteiger partial charge in [-0.2, -0.15) is 0 Å². The van der Waals surface area contributed by atoms with Gasteiger partial charge >= 0.3 is 6.03 Å². The van der Waals surface area contributed by atoms with Crippen molar-refractivity contribution in [2.24, 2.45) is 0 Å². The zero-order chi connectivity index (χ0) is 15.4. The normalized spacial score (nSPS) is 24.4. The average molecular weight is 307 g/mol. The number of carbonyl (C=O) groups excluding carboxylic acids is 1. The summed E-state index contributed by atoms with van der Waals surface area (Å²) in [5.74, 6) is 0.977. The maximum absolute atomic E-state index is 12.3. The molecular formula is C16H25N3O3. The van der Waals surface area contributed by atoms with Crippen LogP contribution in [0.3, 0.4) is 0 Å². The Morgan fingerprint density at radius 1 is 1.41 bits per heavy atom. The van der Waals surface area contributed by atoms with E-state index in [-0.39, 0.29) is 18.2 Å². The lowest BCUT2D eigenvalue weighted by molar-refractivity contribution is 0.0797. The van der Waals surface area contributed by atoms with Crippen LogP contribution in [-0.2, 0) is 11.3 Å². The fourth-order valence-electron chi connectivity index (χ4n) is 3.11. The van der Waals surface area contributed by atoms with Gasteiger partial charge in [0, 0.05) is 32.8 Å². The molecule has 2 amide bonds. The topological polar surface area (TPSA) is 58.0 Å². The van der Waals surface area contributed by atoms with E-state index in [9.17, 15) is 4.79 Å². The number of ether oxygens (including phenoxy) is 1. The minimum Gasteiger partial charge on any atom is -0.468 e. The molecule has 2 aliphatic heterocycles. The van der Waals surface area contributed by atoms with Crippen molar-refractivity contribution >= 4 is 6.03 Å². The monoisotopic (exact) mass is 307 g/mol. The Kier molecular flexibility index (Phi) is 5.00. The molecule has 2 saturated heterocycles. The van der Waals surface area contributed by atoms with Gasteiger partial charge in [0.2, 0.25) is 0 Å². The predicted octanol–water partition coefficient (Wildman–Crippen LogP) is 1.67. The van der Waals surface area contributed by atoms with E-state index >= 15 is 0 Å². The first-order valence-corrected chi connectivity index (χ1v) is 8.14. The van der Waals surface area contributed by atoms with E-state index in [1.807, 2.05) is 24.0 Å². The zero-order valence-electron chi connectivity index (χ0n) is 13.2. The molecule has 0 aromatic carbocycles. The molecule has 0 bridgehead atoms. The third-order valence-electron chi connectivity index (χ3n) is 4.49. The lowest BCUT2D eigenvalue weighted by Gasteiger charge is -2.35. The molecule has 122 valence electrons. The van der Waals surface area contributed by atoms with Gasteiger partial charge in [-0.25, -0.2) is 4.79 Å². The van der Waals surface area contributed by atoms with Crippen molar-refractivity contribution in [3.63, 3.8) is 0 Å².